The fraction of sp³-hybridized carbons (Fsp3) is 0.577. The van der Waals surface area contributed by atoms with Crippen molar-refractivity contribution in [2.24, 2.45) is 28.1 Å². The Morgan fingerprint density at radius 1 is 0.975 bits per heavy atom. The molecular weight excluding hydrogens is 538 g/mol. The van der Waals surface area contributed by atoms with Gasteiger partial charge < -0.3 is 43.4 Å². The molecule has 0 bridgehead atoms. The molecular formula is C26H43N7O6S. The number of nitrogens with two attached hydrogens (primary N) is 3. The minimum Gasteiger partial charge on any atom is -0.508 e. The van der Waals surface area contributed by atoms with Gasteiger partial charge in [-0.05, 0) is 61.3 Å². The predicted octanol–water partition coefficient (Wildman–Crippen LogP) is -0.346. The topological polar surface area (TPSA) is 235 Å². The summed E-state index contributed by atoms with van der Waals surface area (Å²) in [7, 11) is 0. The van der Waals surface area contributed by atoms with Gasteiger partial charge in [-0.15, -0.1) is 0 Å². The molecule has 0 aliphatic carbocycles. The average Bonchev–Trinajstić information content (AvgIpc) is 2.91. The number of phenols is 1. The minimum absolute atomic E-state index is 0.0816. The van der Waals surface area contributed by atoms with Crippen LogP contribution < -0.4 is 33.2 Å². The summed E-state index contributed by atoms with van der Waals surface area (Å²) in [5.41, 5.74) is 17.5. The number of hydrogen-bond acceptors (Lipinski definition) is 8. The van der Waals surface area contributed by atoms with E-state index in [4.69, 9.17) is 17.2 Å². The number of rotatable bonds is 18. The molecule has 1 aromatic rings. The maximum absolute atomic E-state index is 13.3. The molecule has 0 spiro atoms. The summed E-state index contributed by atoms with van der Waals surface area (Å²) < 4.78 is 0. The summed E-state index contributed by atoms with van der Waals surface area (Å²) in [4.78, 5) is 54.9. The van der Waals surface area contributed by atoms with E-state index < -0.39 is 47.9 Å². The molecule has 13 nitrogen and oxygen atoms in total. The van der Waals surface area contributed by atoms with Crippen LogP contribution in [0.1, 0.15) is 45.1 Å². The van der Waals surface area contributed by atoms with Crippen LogP contribution in [0.2, 0.25) is 0 Å². The molecule has 3 amide bonds. The largest absolute Gasteiger partial charge is 0.508 e. The first-order valence-electron chi connectivity index (χ1n) is 13.1. The maximum atomic E-state index is 13.3. The Morgan fingerprint density at radius 3 is 2.10 bits per heavy atom. The molecule has 0 saturated heterocycles. The highest BCUT2D eigenvalue weighted by Crippen LogP contribution is 2.12. The number of aliphatic carboxylic acids is 1. The standard InChI is InChI=1S/C26H43N7O6S/c1-4-15(2)21(25(38)39)33-24(37)20(11-13-40-3)32-23(36)19(6-5-12-30-26(28)29)31-22(35)18(27)14-16-7-9-17(34)10-8-16/h7-10,15,18-21,34H,4-6,11-14,27H2,1-3H3,(H,31,35)(H,32,36)(H,33,37)(H,38,39)(H4,28,29,30). The van der Waals surface area contributed by atoms with Crippen LogP contribution in [0.5, 0.6) is 5.75 Å². The number of nitrogens with zero attached hydrogens (tertiary/aromatic N) is 1. The Morgan fingerprint density at radius 2 is 1.55 bits per heavy atom. The lowest BCUT2D eigenvalue weighted by Gasteiger charge is -2.26. The summed E-state index contributed by atoms with van der Waals surface area (Å²) in [6.45, 7) is 3.76. The van der Waals surface area contributed by atoms with Gasteiger partial charge in [0.2, 0.25) is 17.7 Å². The number of aromatic hydroxyl groups is 1. The van der Waals surface area contributed by atoms with Gasteiger partial charge in [0.15, 0.2) is 5.96 Å². The van der Waals surface area contributed by atoms with E-state index in [0.29, 0.717) is 18.6 Å². The molecule has 0 heterocycles. The second-order valence-electron chi connectivity index (χ2n) is 9.54. The molecule has 5 unspecified atom stereocenters. The summed E-state index contributed by atoms with van der Waals surface area (Å²) in [6, 6.07) is 2.07. The van der Waals surface area contributed by atoms with Crippen LogP contribution in [-0.4, -0.2) is 82.6 Å². The van der Waals surface area contributed by atoms with Gasteiger partial charge in [-0.1, -0.05) is 32.4 Å². The highest BCUT2D eigenvalue weighted by Gasteiger charge is 2.31. The van der Waals surface area contributed by atoms with Crippen molar-refractivity contribution in [1.82, 2.24) is 16.0 Å². The second kappa shape index (κ2) is 17.9. The molecule has 1 aromatic carbocycles. The van der Waals surface area contributed by atoms with E-state index in [2.05, 4.69) is 20.9 Å². The quantitative estimate of drug-likeness (QED) is 0.0637. The summed E-state index contributed by atoms with van der Waals surface area (Å²) in [6.07, 6.45) is 3.30. The van der Waals surface area contributed by atoms with Crippen molar-refractivity contribution >= 4 is 41.4 Å². The first-order chi connectivity index (χ1) is 18.9. The SMILES string of the molecule is CCC(C)C(NC(=O)C(CCSC)NC(=O)C(CCCN=C(N)N)NC(=O)C(N)Cc1ccc(O)cc1)C(=O)O. The van der Waals surface area contributed by atoms with Gasteiger partial charge in [0.05, 0.1) is 6.04 Å². The number of phenolic OH excluding ortho intramolecular Hbond substituents is 1. The molecule has 0 aliphatic rings. The lowest BCUT2D eigenvalue weighted by molar-refractivity contribution is -0.143. The summed E-state index contributed by atoms with van der Waals surface area (Å²) >= 11 is 1.47. The fourth-order valence-corrected chi connectivity index (χ4v) is 4.21. The van der Waals surface area contributed by atoms with E-state index in [1.165, 1.54) is 23.9 Å². The average molecular weight is 582 g/mol. The van der Waals surface area contributed by atoms with Crippen molar-refractivity contribution in [2.45, 2.75) is 70.1 Å². The van der Waals surface area contributed by atoms with Gasteiger partial charge in [-0.25, -0.2) is 4.79 Å². The zero-order valence-electron chi connectivity index (χ0n) is 23.3. The Kier molecular flexibility index (Phi) is 15.5. The molecule has 14 heteroatoms. The van der Waals surface area contributed by atoms with Crippen LogP contribution in [0.4, 0.5) is 0 Å². The van der Waals surface area contributed by atoms with Crippen LogP contribution >= 0.6 is 11.8 Å². The molecule has 0 aliphatic heterocycles. The van der Waals surface area contributed by atoms with Crippen molar-refractivity contribution in [3.05, 3.63) is 29.8 Å². The Hall–Kier alpha value is -3.52. The first kappa shape index (κ1) is 34.5. The number of carbonyl (C=O) groups is 4. The van der Waals surface area contributed by atoms with Crippen LogP contribution in [0.3, 0.4) is 0 Å². The minimum atomic E-state index is -1.16. The molecule has 5 atom stereocenters. The summed E-state index contributed by atoms with van der Waals surface area (Å²) in [5.74, 6) is -2.80. The Balaban J connectivity index is 3.04. The predicted molar refractivity (Wildman–Crippen MR) is 156 cm³/mol. The van der Waals surface area contributed by atoms with Crippen LogP contribution in [-0.2, 0) is 25.6 Å². The molecule has 0 fully saturated rings. The van der Waals surface area contributed by atoms with Gasteiger partial charge in [0.1, 0.15) is 23.9 Å². The Labute approximate surface area is 239 Å². The number of hydrogen-bond donors (Lipinski definition) is 8. The number of carboxylic acid groups (broad SMARTS) is 1. The van der Waals surface area contributed by atoms with Crippen molar-refractivity contribution < 1.29 is 29.4 Å². The van der Waals surface area contributed by atoms with E-state index in [1.54, 1.807) is 19.1 Å². The van der Waals surface area contributed by atoms with Crippen LogP contribution in [0, 0.1) is 5.92 Å². The first-order valence-corrected chi connectivity index (χ1v) is 14.5. The molecule has 0 saturated carbocycles. The number of carbonyl (C=O) groups excluding carboxylic acids is 3. The second-order valence-corrected chi connectivity index (χ2v) is 10.5. The van der Waals surface area contributed by atoms with E-state index in [9.17, 15) is 29.4 Å². The van der Waals surface area contributed by atoms with E-state index in [1.807, 2.05) is 13.2 Å². The highest BCUT2D eigenvalue weighted by molar-refractivity contribution is 7.98. The fourth-order valence-electron chi connectivity index (χ4n) is 3.74. The van der Waals surface area contributed by atoms with Crippen molar-refractivity contribution in [1.29, 1.82) is 0 Å². The number of thioether (sulfide) groups is 1. The third-order valence-corrected chi connectivity index (χ3v) is 6.97. The number of nitrogens with one attached hydrogen (secondary N) is 3. The van der Waals surface area contributed by atoms with E-state index >= 15 is 0 Å². The maximum Gasteiger partial charge on any atom is 0.326 e. The molecule has 0 aromatic heterocycles. The molecule has 0 radical (unpaired) electrons. The normalized spacial score (nSPS) is 14.6. The van der Waals surface area contributed by atoms with Gasteiger partial charge in [-0.3, -0.25) is 19.4 Å². The van der Waals surface area contributed by atoms with Crippen molar-refractivity contribution in [3.63, 3.8) is 0 Å². The van der Waals surface area contributed by atoms with E-state index in [0.717, 1.165) is 5.56 Å². The Bertz CT molecular complexity index is 1000. The van der Waals surface area contributed by atoms with Gasteiger partial charge in [-0.2, -0.15) is 11.8 Å². The van der Waals surface area contributed by atoms with Crippen molar-refractivity contribution in [2.75, 3.05) is 18.6 Å². The highest BCUT2D eigenvalue weighted by atomic mass is 32.2. The summed E-state index contributed by atoms with van der Waals surface area (Å²) in [5, 5.41) is 26.9. The molecule has 224 valence electrons. The number of carboxylic acids is 1. The van der Waals surface area contributed by atoms with E-state index in [-0.39, 0.29) is 43.4 Å². The van der Waals surface area contributed by atoms with Gasteiger partial charge in [0, 0.05) is 6.54 Å². The zero-order valence-corrected chi connectivity index (χ0v) is 24.1. The molecule has 11 N–H and O–H groups in total. The van der Waals surface area contributed by atoms with Crippen LogP contribution in [0.25, 0.3) is 0 Å². The molecule has 1 rings (SSSR count). The van der Waals surface area contributed by atoms with Crippen molar-refractivity contribution in [3.8, 4) is 5.75 Å². The molecule has 40 heavy (non-hydrogen) atoms. The number of guanidine groups is 1. The monoisotopic (exact) mass is 581 g/mol. The smallest absolute Gasteiger partial charge is 0.326 e. The number of amides is 3. The van der Waals surface area contributed by atoms with Gasteiger partial charge >= 0.3 is 5.97 Å². The lowest BCUT2D eigenvalue weighted by Crippen LogP contribution is -2.58. The lowest BCUT2D eigenvalue weighted by atomic mass is 9.98. The number of benzene rings is 1. The number of aliphatic imine (C=N–C) groups is 1. The van der Waals surface area contributed by atoms with Gasteiger partial charge in [0.25, 0.3) is 0 Å². The zero-order chi connectivity index (χ0) is 30.2. The third kappa shape index (κ3) is 12.6. The third-order valence-electron chi connectivity index (χ3n) is 6.33. The van der Waals surface area contributed by atoms with Crippen LogP contribution in [0.15, 0.2) is 29.3 Å².